The van der Waals surface area contributed by atoms with Gasteiger partial charge in [0.25, 0.3) is 11.8 Å². The van der Waals surface area contributed by atoms with Gasteiger partial charge in [-0.25, -0.2) is 4.39 Å². The van der Waals surface area contributed by atoms with Gasteiger partial charge in [-0.2, -0.15) is 0 Å². The van der Waals surface area contributed by atoms with E-state index in [-0.39, 0.29) is 11.5 Å². The van der Waals surface area contributed by atoms with Gasteiger partial charge in [0.1, 0.15) is 5.82 Å². The lowest BCUT2D eigenvalue weighted by Gasteiger charge is -2.16. The van der Waals surface area contributed by atoms with Gasteiger partial charge < -0.3 is 0 Å². The van der Waals surface area contributed by atoms with E-state index in [1.807, 2.05) is 6.07 Å². The number of thiophene rings is 1. The van der Waals surface area contributed by atoms with Gasteiger partial charge in [0, 0.05) is 10.4 Å². The van der Waals surface area contributed by atoms with Gasteiger partial charge >= 0.3 is 0 Å². The van der Waals surface area contributed by atoms with Crippen LogP contribution in [0.4, 0.5) is 4.39 Å². The van der Waals surface area contributed by atoms with E-state index < -0.39 is 11.7 Å². The van der Waals surface area contributed by atoms with Crippen LogP contribution in [0.15, 0.2) is 30.3 Å². The van der Waals surface area contributed by atoms with Crippen LogP contribution in [0.2, 0.25) is 0 Å². The Labute approximate surface area is 137 Å². The van der Waals surface area contributed by atoms with Gasteiger partial charge in [0.05, 0.1) is 4.88 Å². The number of benzene rings is 1. The third-order valence-corrected chi connectivity index (χ3v) is 5.18. The number of nitrogens with one attached hydrogen (secondary N) is 2. The minimum absolute atomic E-state index is 0.283. The molecule has 1 aromatic carbocycles. The molecule has 0 radical (unpaired) electrons. The molecule has 2 aromatic rings. The monoisotopic (exact) mass is 332 g/mol. The highest BCUT2D eigenvalue weighted by molar-refractivity contribution is 7.14. The molecule has 2 N–H and O–H groups in total. The van der Waals surface area contributed by atoms with Crippen LogP contribution in [0.5, 0.6) is 0 Å². The summed E-state index contributed by atoms with van der Waals surface area (Å²) in [5.41, 5.74) is 6.28. The van der Waals surface area contributed by atoms with E-state index in [0.29, 0.717) is 10.8 Å². The fourth-order valence-corrected chi connectivity index (χ4v) is 3.77. The third kappa shape index (κ3) is 3.59. The first-order valence-electron chi connectivity index (χ1n) is 7.51. The molecule has 0 bridgehead atoms. The van der Waals surface area contributed by atoms with Crippen LogP contribution < -0.4 is 10.9 Å². The fourth-order valence-electron chi connectivity index (χ4n) is 2.67. The first kappa shape index (κ1) is 15.7. The van der Waals surface area contributed by atoms with Crippen LogP contribution in [0.3, 0.4) is 0 Å². The Morgan fingerprint density at radius 3 is 2.61 bits per heavy atom. The Morgan fingerprint density at radius 1 is 1.17 bits per heavy atom. The van der Waals surface area contributed by atoms with Gasteiger partial charge in [-0.3, -0.25) is 20.4 Å². The molecule has 0 saturated carbocycles. The van der Waals surface area contributed by atoms with Crippen molar-refractivity contribution in [2.45, 2.75) is 26.2 Å². The molecule has 1 atom stereocenters. The summed E-state index contributed by atoms with van der Waals surface area (Å²) < 4.78 is 12.8. The van der Waals surface area contributed by atoms with Crippen molar-refractivity contribution < 1.29 is 14.0 Å². The zero-order valence-electron chi connectivity index (χ0n) is 12.7. The van der Waals surface area contributed by atoms with Gasteiger partial charge in [-0.1, -0.05) is 6.92 Å². The minimum atomic E-state index is -0.478. The van der Waals surface area contributed by atoms with Crippen molar-refractivity contribution in [3.8, 4) is 0 Å². The molecule has 0 saturated heterocycles. The zero-order chi connectivity index (χ0) is 16.4. The van der Waals surface area contributed by atoms with Gasteiger partial charge in [-0.05, 0) is 61.1 Å². The summed E-state index contributed by atoms with van der Waals surface area (Å²) in [5.74, 6) is -0.573. The number of hydrazine groups is 1. The summed E-state index contributed by atoms with van der Waals surface area (Å²) >= 11 is 1.48. The van der Waals surface area contributed by atoms with E-state index in [1.54, 1.807) is 0 Å². The molecule has 4 nitrogen and oxygen atoms in total. The molecular formula is C17H17FN2O2S. The topological polar surface area (TPSA) is 58.2 Å². The summed E-state index contributed by atoms with van der Waals surface area (Å²) in [7, 11) is 0. The van der Waals surface area contributed by atoms with Crippen molar-refractivity contribution in [2.24, 2.45) is 5.92 Å². The standard InChI is InChI=1S/C17H17FN2O2S/c1-10-2-7-14-12(8-10)9-15(23-14)17(22)20-19-16(21)11-3-5-13(18)6-4-11/h3-6,9-10H,2,7-8H2,1H3,(H,19,21)(H,20,22)/t10-/m1/s1. The van der Waals surface area contributed by atoms with Crippen molar-refractivity contribution in [2.75, 3.05) is 0 Å². The fraction of sp³-hybridized carbons (Fsp3) is 0.294. The van der Waals surface area contributed by atoms with Crippen LogP contribution in [0.25, 0.3) is 0 Å². The highest BCUT2D eigenvalue weighted by Crippen LogP contribution is 2.32. The van der Waals surface area contributed by atoms with Crippen molar-refractivity contribution >= 4 is 23.2 Å². The summed E-state index contributed by atoms with van der Waals surface area (Å²) in [4.78, 5) is 25.9. The van der Waals surface area contributed by atoms with Crippen LogP contribution >= 0.6 is 11.3 Å². The van der Waals surface area contributed by atoms with E-state index in [4.69, 9.17) is 0 Å². The molecule has 3 rings (SSSR count). The molecule has 120 valence electrons. The SMILES string of the molecule is C[C@@H]1CCc2sc(C(=O)NNC(=O)c3ccc(F)cc3)cc2C1. The second-order valence-corrected chi connectivity index (χ2v) is 6.96. The number of amides is 2. The van der Waals surface area contributed by atoms with Crippen molar-refractivity contribution in [3.63, 3.8) is 0 Å². The Balaban J connectivity index is 1.61. The molecule has 0 fully saturated rings. The summed E-state index contributed by atoms with van der Waals surface area (Å²) in [6.45, 7) is 2.21. The number of hydrogen-bond acceptors (Lipinski definition) is 3. The predicted octanol–water partition coefficient (Wildman–Crippen LogP) is 3.09. The molecule has 23 heavy (non-hydrogen) atoms. The number of aryl methyl sites for hydroxylation is 1. The van der Waals surface area contributed by atoms with Gasteiger partial charge in [0.15, 0.2) is 0 Å². The lowest BCUT2D eigenvalue weighted by molar-refractivity contribution is 0.0849. The zero-order valence-corrected chi connectivity index (χ0v) is 13.5. The normalized spacial score (nSPS) is 16.5. The molecule has 2 amide bonds. The average Bonchev–Trinajstić information content (AvgIpc) is 2.96. The van der Waals surface area contributed by atoms with Crippen molar-refractivity contribution in [3.05, 3.63) is 57.0 Å². The molecule has 0 spiro atoms. The molecule has 0 aliphatic heterocycles. The quantitative estimate of drug-likeness (QED) is 0.830. The van der Waals surface area contributed by atoms with E-state index in [1.165, 1.54) is 46.0 Å². The Hall–Kier alpha value is -2.21. The lowest BCUT2D eigenvalue weighted by Crippen LogP contribution is -2.41. The number of halogens is 1. The smallest absolute Gasteiger partial charge is 0.267 e. The molecule has 1 aliphatic rings. The highest BCUT2D eigenvalue weighted by atomic mass is 32.1. The second kappa shape index (κ2) is 6.50. The van der Waals surface area contributed by atoms with Crippen LogP contribution in [0.1, 0.15) is 43.8 Å². The maximum atomic E-state index is 12.8. The molecule has 0 unspecified atom stereocenters. The van der Waals surface area contributed by atoms with Crippen molar-refractivity contribution in [1.82, 2.24) is 10.9 Å². The second-order valence-electron chi connectivity index (χ2n) is 5.82. The van der Waals surface area contributed by atoms with E-state index in [2.05, 4.69) is 17.8 Å². The molecular weight excluding hydrogens is 315 g/mol. The summed E-state index contributed by atoms with van der Waals surface area (Å²) in [6.07, 6.45) is 3.16. The number of fused-ring (bicyclic) bond motifs is 1. The number of hydrogen-bond donors (Lipinski definition) is 2. The molecule has 6 heteroatoms. The number of carbonyl (C=O) groups excluding carboxylic acids is 2. The molecule has 1 aromatic heterocycles. The van der Waals surface area contributed by atoms with E-state index in [9.17, 15) is 14.0 Å². The highest BCUT2D eigenvalue weighted by Gasteiger charge is 2.20. The molecule has 1 heterocycles. The largest absolute Gasteiger partial charge is 0.279 e. The first-order valence-corrected chi connectivity index (χ1v) is 8.32. The van der Waals surface area contributed by atoms with Crippen LogP contribution in [0, 0.1) is 11.7 Å². The lowest BCUT2D eigenvalue weighted by atomic mass is 9.90. The van der Waals surface area contributed by atoms with Gasteiger partial charge in [-0.15, -0.1) is 11.3 Å². The Morgan fingerprint density at radius 2 is 1.87 bits per heavy atom. The maximum Gasteiger partial charge on any atom is 0.279 e. The van der Waals surface area contributed by atoms with E-state index >= 15 is 0 Å². The maximum absolute atomic E-state index is 12.8. The number of carbonyl (C=O) groups is 2. The predicted molar refractivity (Wildman–Crippen MR) is 86.8 cm³/mol. The Bertz CT molecular complexity index is 740. The summed E-state index contributed by atoms with van der Waals surface area (Å²) in [6, 6.07) is 7.04. The summed E-state index contributed by atoms with van der Waals surface area (Å²) in [5, 5.41) is 0. The van der Waals surface area contributed by atoms with Gasteiger partial charge in [0.2, 0.25) is 0 Å². The van der Waals surface area contributed by atoms with Crippen LogP contribution in [-0.4, -0.2) is 11.8 Å². The number of rotatable bonds is 2. The minimum Gasteiger partial charge on any atom is -0.267 e. The first-order chi connectivity index (χ1) is 11.0. The third-order valence-electron chi connectivity index (χ3n) is 3.95. The average molecular weight is 332 g/mol. The van der Waals surface area contributed by atoms with E-state index in [0.717, 1.165) is 19.3 Å². The molecule has 1 aliphatic carbocycles. The van der Waals surface area contributed by atoms with Crippen LogP contribution in [-0.2, 0) is 12.8 Å². The Kier molecular flexibility index (Phi) is 4.43. The van der Waals surface area contributed by atoms with Crippen molar-refractivity contribution in [1.29, 1.82) is 0 Å².